The molecule has 12 nitrogen and oxygen atoms in total. The first-order valence-electron chi connectivity index (χ1n) is 12.4. The minimum atomic E-state index is -3.43. The van der Waals surface area contributed by atoms with E-state index in [-0.39, 0.29) is 23.8 Å². The molecule has 37 heavy (non-hydrogen) atoms. The Balaban J connectivity index is 1.39. The molecule has 0 spiro atoms. The van der Waals surface area contributed by atoms with Crippen LogP contribution in [0.1, 0.15) is 56.3 Å². The predicted molar refractivity (Wildman–Crippen MR) is 135 cm³/mol. The van der Waals surface area contributed by atoms with Gasteiger partial charge in [-0.05, 0) is 75.8 Å². The van der Waals surface area contributed by atoms with Crippen LogP contribution in [0.15, 0.2) is 30.7 Å². The molecule has 0 aromatic carbocycles. The summed E-state index contributed by atoms with van der Waals surface area (Å²) in [4.78, 5) is 25.1. The van der Waals surface area contributed by atoms with E-state index >= 15 is 0 Å². The molecule has 4 fully saturated rings. The normalized spacial score (nSPS) is 29.1. The fourth-order valence-electron chi connectivity index (χ4n) is 6.77. The number of carbonyl (C=O) groups excluding carboxylic acids is 2. The monoisotopic (exact) mass is 531 g/mol. The molecular weight excluding hydrogens is 498 g/mol. The first-order chi connectivity index (χ1) is 17.3. The number of carbonyl (C=O) groups is 2. The van der Waals surface area contributed by atoms with Crippen LogP contribution in [0.5, 0.6) is 0 Å². The third kappa shape index (κ3) is 5.28. The highest BCUT2D eigenvalue weighted by molar-refractivity contribution is 7.88. The van der Waals surface area contributed by atoms with Gasteiger partial charge in [0, 0.05) is 30.2 Å². The van der Waals surface area contributed by atoms with Crippen molar-refractivity contribution in [1.82, 2.24) is 29.6 Å². The lowest BCUT2D eigenvalue weighted by Gasteiger charge is -2.58. The standard InChI is InChI=1S/C24H33N7O5S/c1-23(2,29-37(3,34)35)5-8-31-21(30-7-4-6-26-30)18(14-27-31)20(32)28-19-16-9-15-10-17(19)13-24(11-15,12-16)36-22(25)33/h4-8,14-17,19,29H,9-13H2,1-3H3,(H2,25,33)(H,28,32)/b8-5+/t15?,16?,17?,19-,24-. The minimum absolute atomic E-state index is 0.0316. The lowest BCUT2D eigenvalue weighted by atomic mass is 9.52. The van der Waals surface area contributed by atoms with E-state index in [4.69, 9.17) is 10.5 Å². The van der Waals surface area contributed by atoms with Crippen molar-refractivity contribution in [2.75, 3.05) is 6.26 Å². The summed E-state index contributed by atoms with van der Waals surface area (Å²) in [7, 11) is -3.43. The Morgan fingerprint density at radius 3 is 2.51 bits per heavy atom. The molecule has 0 saturated heterocycles. The number of rotatable bonds is 8. The average molecular weight is 532 g/mol. The SMILES string of the molecule is CC(C)(/C=C/n1ncc(C(=O)N[C@H]2C3CC4CC2C[C@](OC(N)=O)(C4)C3)c1-n1cccn1)NS(C)(=O)=O. The molecular formula is C24H33N7O5S. The van der Waals surface area contributed by atoms with Gasteiger partial charge in [-0.25, -0.2) is 27.3 Å². The van der Waals surface area contributed by atoms with Crippen LogP contribution in [0.25, 0.3) is 12.0 Å². The topological polar surface area (TPSA) is 163 Å². The Labute approximate surface area is 215 Å². The van der Waals surface area contributed by atoms with Crippen LogP contribution in [0, 0.1) is 17.8 Å². The quantitative estimate of drug-likeness (QED) is 0.466. The smallest absolute Gasteiger partial charge is 0.405 e. The van der Waals surface area contributed by atoms with Crippen molar-refractivity contribution >= 4 is 28.2 Å². The summed E-state index contributed by atoms with van der Waals surface area (Å²) < 4.78 is 34.6. The highest BCUT2D eigenvalue weighted by Crippen LogP contribution is 2.57. The molecule has 2 unspecified atom stereocenters. The van der Waals surface area contributed by atoms with Crippen LogP contribution < -0.4 is 15.8 Å². The van der Waals surface area contributed by atoms with E-state index in [0.717, 1.165) is 25.5 Å². The first kappa shape index (κ1) is 25.5. The van der Waals surface area contributed by atoms with Gasteiger partial charge in [0.05, 0.1) is 12.5 Å². The van der Waals surface area contributed by atoms with Gasteiger partial charge in [-0.2, -0.15) is 10.2 Å². The minimum Gasteiger partial charge on any atom is -0.443 e. The summed E-state index contributed by atoms with van der Waals surface area (Å²) in [6, 6.07) is 1.71. The highest BCUT2D eigenvalue weighted by Gasteiger charge is 2.57. The molecule has 6 rings (SSSR count). The van der Waals surface area contributed by atoms with Crippen LogP contribution in [-0.2, 0) is 14.8 Å². The average Bonchev–Trinajstić information content (AvgIpc) is 3.41. The number of nitrogens with one attached hydrogen (secondary N) is 2. The van der Waals surface area contributed by atoms with E-state index < -0.39 is 27.3 Å². The number of primary amides is 1. The molecule has 4 aliphatic carbocycles. The van der Waals surface area contributed by atoms with Gasteiger partial charge in [0.2, 0.25) is 10.0 Å². The second-order valence-corrected chi connectivity index (χ2v) is 13.0. The Bertz CT molecular complexity index is 1320. The third-order valence-electron chi connectivity index (χ3n) is 7.65. The Kier molecular flexibility index (Phi) is 6.18. The lowest BCUT2D eigenvalue weighted by Crippen LogP contribution is -2.63. The zero-order chi connectivity index (χ0) is 26.6. The Hall–Kier alpha value is -3.19. The summed E-state index contributed by atoms with van der Waals surface area (Å²) in [5.41, 5.74) is 4.32. The molecule has 4 N–H and O–H groups in total. The summed E-state index contributed by atoms with van der Waals surface area (Å²) in [6.45, 7) is 3.44. The summed E-state index contributed by atoms with van der Waals surface area (Å²) >= 11 is 0. The number of aromatic nitrogens is 4. The third-order valence-corrected chi connectivity index (χ3v) is 8.54. The maximum Gasteiger partial charge on any atom is 0.405 e. The van der Waals surface area contributed by atoms with E-state index in [1.54, 1.807) is 49.3 Å². The van der Waals surface area contributed by atoms with Gasteiger partial charge in [-0.1, -0.05) is 0 Å². The van der Waals surface area contributed by atoms with E-state index in [1.807, 2.05) is 0 Å². The number of sulfonamides is 1. The second-order valence-electron chi connectivity index (χ2n) is 11.3. The number of nitrogens with two attached hydrogens (primary N) is 1. The number of nitrogens with zero attached hydrogens (tertiary/aromatic N) is 4. The molecule has 4 bridgehead atoms. The summed E-state index contributed by atoms with van der Waals surface area (Å²) in [5.74, 6) is 1.06. The van der Waals surface area contributed by atoms with Crippen molar-refractivity contribution < 1.29 is 22.7 Å². The molecule has 2 amide bonds. The molecule has 4 aliphatic rings. The fraction of sp³-hybridized carbons (Fsp3) is 0.583. The van der Waals surface area contributed by atoms with Crippen molar-refractivity contribution in [2.24, 2.45) is 23.5 Å². The van der Waals surface area contributed by atoms with Gasteiger partial charge in [-0.3, -0.25) is 4.79 Å². The van der Waals surface area contributed by atoms with Crippen molar-refractivity contribution in [2.45, 2.75) is 63.1 Å². The molecule has 2 aromatic heterocycles. The van der Waals surface area contributed by atoms with Crippen LogP contribution in [0.4, 0.5) is 4.79 Å². The molecule has 2 atom stereocenters. The maximum atomic E-state index is 13.6. The maximum absolute atomic E-state index is 13.6. The fourth-order valence-corrected chi connectivity index (χ4v) is 7.79. The van der Waals surface area contributed by atoms with E-state index in [2.05, 4.69) is 20.2 Å². The van der Waals surface area contributed by atoms with Crippen molar-refractivity contribution in [3.63, 3.8) is 0 Å². The summed E-state index contributed by atoms with van der Waals surface area (Å²) in [6.07, 6.45) is 12.7. The van der Waals surface area contributed by atoms with Gasteiger partial charge in [-0.15, -0.1) is 0 Å². The Morgan fingerprint density at radius 1 is 1.22 bits per heavy atom. The van der Waals surface area contributed by atoms with E-state index in [9.17, 15) is 18.0 Å². The number of ether oxygens (including phenoxy) is 1. The zero-order valence-corrected chi connectivity index (χ0v) is 21.9. The van der Waals surface area contributed by atoms with E-state index in [1.165, 1.54) is 10.9 Å². The van der Waals surface area contributed by atoms with Gasteiger partial charge in [0.15, 0.2) is 5.82 Å². The number of hydrogen-bond donors (Lipinski definition) is 3. The number of hydrogen-bond acceptors (Lipinski definition) is 7. The van der Waals surface area contributed by atoms with Gasteiger partial charge in [0.25, 0.3) is 5.91 Å². The second kappa shape index (κ2) is 8.98. The number of amides is 2. The van der Waals surface area contributed by atoms with Gasteiger partial charge >= 0.3 is 6.09 Å². The van der Waals surface area contributed by atoms with Crippen LogP contribution >= 0.6 is 0 Å². The van der Waals surface area contributed by atoms with E-state index in [0.29, 0.717) is 30.1 Å². The van der Waals surface area contributed by atoms with Crippen molar-refractivity contribution in [3.8, 4) is 5.82 Å². The molecule has 4 saturated carbocycles. The molecule has 0 aliphatic heterocycles. The molecule has 2 aromatic rings. The van der Waals surface area contributed by atoms with Gasteiger partial charge in [0.1, 0.15) is 11.2 Å². The molecule has 2 heterocycles. The Morgan fingerprint density at radius 2 is 1.92 bits per heavy atom. The molecule has 200 valence electrons. The molecule has 13 heteroatoms. The van der Waals surface area contributed by atoms with Crippen molar-refractivity contribution in [1.29, 1.82) is 0 Å². The largest absolute Gasteiger partial charge is 0.443 e. The van der Waals surface area contributed by atoms with Crippen LogP contribution in [-0.4, -0.2) is 63.4 Å². The van der Waals surface area contributed by atoms with Crippen LogP contribution in [0.3, 0.4) is 0 Å². The highest BCUT2D eigenvalue weighted by atomic mass is 32.2. The summed E-state index contributed by atoms with van der Waals surface area (Å²) in [5, 5.41) is 11.9. The predicted octanol–water partition coefficient (Wildman–Crippen LogP) is 1.64. The van der Waals surface area contributed by atoms with Crippen molar-refractivity contribution in [3.05, 3.63) is 36.3 Å². The van der Waals surface area contributed by atoms with Gasteiger partial charge < -0.3 is 15.8 Å². The molecule has 0 radical (unpaired) electrons. The zero-order valence-electron chi connectivity index (χ0n) is 21.1. The lowest BCUT2D eigenvalue weighted by molar-refractivity contribution is -0.137. The van der Waals surface area contributed by atoms with Crippen LogP contribution in [0.2, 0.25) is 0 Å². The first-order valence-corrected chi connectivity index (χ1v) is 14.3.